The van der Waals surface area contributed by atoms with Gasteiger partial charge in [-0.25, -0.2) is 0 Å². The highest BCUT2D eigenvalue weighted by Gasteiger charge is 2.18. The number of nitrogens with one attached hydrogen (secondary N) is 1. The van der Waals surface area contributed by atoms with Gasteiger partial charge in [-0.3, -0.25) is 4.79 Å². The van der Waals surface area contributed by atoms with E-state index in [0.717, 1.165) is 10.4 Å². The summed E-state index contributed by atoms with van der Waals surface area (Å²) < 4.78 is 1.23. The normalized spacial score (nSPS) is 14.8. The molecule has 1 aromatic carbocycles. The van der Waals surface area contributed by atoms with Gasteiger partial charge in [-0.2, -0.15) is 4.73 Å². The minimum Gasteiger partial charge on any atom is -0.618 e. The highest BCUT2D eigenvalue weighted by Crippen LogP contribution is 2.45. The fourth-order valence-corrected chi connectivity index (χ4v) is 5.73. The first-order valence-electron chi connectivity index (χ1n) is 7.16. The van der Waals surface area contributed by atoms with E-state index < -0.39 is 0 Å². The summed E-state index contributed by atoms with van der Waals surface area (Å²) in [7, 11) is 0. The van der Waals surface area contributed by atoms with Gasteiger partial charge in [0.05, 0.1) is 10.3 Å². The van der Waals surface area contributed by atoms with Gasteiger partial charge in [-0.05, 0) is 35.5 Å². The average Bonchev–Trinajstić information content (AvgIpc) is 3.09. The maximum atomic E-state index is 12.1. The Hall–Kier alpha value is -1.31. The minimum absolute atomic E-state index is 0.109. The van der Waals surface area contributed by atoms with E-state index in [0.29, 0.717) is 9.61 Å². The van der Waals surface area contributed by atoms with E-state index >= 15 is 0 Å². The van der Waals surface area contributed by atoms with E-state index in [1.165, 1.54) is 35.0 Å². The SMILES string of the molecule is O=C(CSc1cccc[n+]1[O-])Nc1cccc(C2SCCS2)c1. The van der Waals surface area contributed by atoms with Crippen LogP contribution < -0.4 is 10.0 Å². The van der Waals surface area contributed by atoms with Gasteiger partial charge in [-0.1, -0.05) is 12.1 Å². The molecule has 0 radical (unpaired) electrons. The second-order valence-electron chi connectivity index (χ2n) is 4.90. The van der Waals surface area contributed by atoms with E-state index in [1.807, 2.05) is 41.7 Å². The van der Waals surface area contributed by atoms with Crippen LogP contribution in [0.5, 0.6) is 0 Å². The number of hydrogen-bond acceptors (Lipinski definition) is 5. The predicted molar refractivity (Wildman–Crippen MR) is 98.9 cm³/mol. The van der Waals surface area contributed by atoms with Crippen molar-refractivity contribution in [1.82, 2.24) is 0 Å². The number of nitrogens with zero attached hydrogens (tertiary/aromatic N) is 1. The molecule has 2 heterocycles. The number of aromatic nitrogens is 1. The molecule has 1 aliphatic heterocycles. The summed E-state index contributed by atoms with van der Waals surface area (Å²) in [4.78, 5) is 12.1. The van der Waals surface area contributed by atoms with Gasteiger partial charge in [-0.15, -0.1) is 23.5 Å². The van der Waals surface area contributed by atoms with Gasteiger partial charge in [0.25, 0.3) is 5.03 Å². The molecule has 0 saturated carbocycles. The molecule has 1 amide bonds. The number of thioether (sulfide) groups is 3. The van der Waals surface area contributed by atoms with E-state index in [1.54, 1.807) is 18.2 Å². The van der Waals surface area contributed by atoms with Crippen molar-refractivity contribution in [3.63, 3.8) is 0 Å². The number of anilines is 1. The molecule has 23 heavy (non-hydrogen) atoms. The van der Waals surface area contributed by atoms with Crippen molar-refractivity contribution in [3.8, 4) is 0 Å². The van der Waals surface area contributed by atoms with Gasteiger partial charge in [0.2, 0.25) is 5.91 Å². The topological polar surface area (TPSA) is 56.0 Å². The Morgan fingerprint density at radius 1 is 1.26 bits per heavy atom. The number of pyridine rings is 1. The first kappa shape index (κ1) is 16.5. The Kier molecular flexibility index (Phi) is 5.75. The summed E-state index contributed by atoms with van der Waals surface area (Å²) in [6.45, 7) is 0. The molecule has 0 aliphatic carbocycles. The molecular formula is C16H16N2O2S3. The molecule has 0 unspecified atom stereocenters. The first-order valence-corrected chi connectivity index (χ1v) is 10.2. The molecule has 0 atom stereocenters. The van der Waals surface area contributed by atoms with Gasteiger partial charge in [0, 0.05) is 29.3 Å². The number of rotatable bonds is 5. The summed E-state index contributed by atoms with van der Waals surface area (Å²) in [6, 6.07) is 13.2. The predicted octanol–water partition coefficient (Wildman–Crippen LogP) is 3.53. The summed E-state index contributed by atoms with van der Waals surface area (Å²) in [6.07, 6.45) is 1.43. The molecule has 120 valence electrons. The van der Waals surface area contributed by atoms with Crippen molar-refractivity contribution < 1.29 is 9.52 Å². The van der Waals surface area contributed by atoms with E-state index in [-0.39, 0.29) is 11.7 Å². The lowest BCUT2D eigenvalue weighted by atomic mass is 10.2. The van der Waals surface area contributed by atoms with E-state index in [4.69, 9.17) is 0 Å². The van der Waals surface area contributed by atoms with Gasteiger partial charge in [0.15, 0.2) is 6.20 Å². The highest BCUT2D eigenvalue weighted by molar-refractivity contribution is 8.19. The molecule has 0 spiro atoms. The lowest BCUT2D eigenvalue weighted by Crippen LogP contribution is -2.28. The average molecular weight is 365 g/mol. The first-order chi connectivity index (χ1) is 11.2. The van der Waals surface area contributed by atoms with Gasteiger partial charge in [0.1, 0.15) is 0 Å². The molecule has 1 saturated heterocycles. The molecule has 1 N–H and O–H groups in total. The summed E-state index contributed by atoms with van der Waals surface area (Å²) in [5.41, 5.74) is 2.05. The van der Waals surface area contributed by atoms with Crippen molar-refractivity contribution >= 4 is 46.9 Å². The number of carbonyl (C=O) groups is 1. The van der Waals surface area contributed by atoms with Crippen LogP contribution >= 0.6 is 35.3 Å². The van der Waals surface area contributed by atoms with E-state index in [9.17, 15) is 10.0 Å². The standard InChI is InChI=1S/C16H16N2O2S3/c19-14(11-23-15-6-1-2-7-18(15)20)17-13-5-3-4-12(10-13)16-21-8-9-22-16/h1-7,10,16H,8-9,11H2,(H,17,19). The lowest BCUT2D eigenvalue weighted by molar-refractivity contribution is -0.645. The molecule has 3 rings (SSSR count). The molecule has 7 heteroatoms. The number of benzene rings is 1. The summed E-state index contributed by atoms with van der Waals surface area (Å²) in [5, 5.41) is 15.0. The third kappa shape index (κ3) is 4.59. The maximum Gasteiger partial charge on any atom is 0.251 e. The quantitative estimate of drug-likeness (QED) is 0.500. The summed E-state index contributed by atoms with van der Waals surface area (Å²) >= 11 is 5.12. The Bertz CT molecular complexity index is 691. The van der Waals surface area contributed by atoms with Crippen molar-refractivity contribution in [1.29, 1.82) is 0 Å². The van der Waals surface area contributed by atoms with Crippen LogP contribution in [-0.4, -0.2) is 23.2 Å². The van der Waals surface area contributed by atoms with Crippen molar-refractivity contribution in [3.05, 3.63) is 59.4 Å². The second-order valence-corrected chi connectivity index (χ2v) is 8.62. The van der Waals surface area contributed by atoms with Crippen LogP contribution in [0, 0.1) is 5.21 Å². The Morgan fingerprint density at radius 3 is 2.87 bits per heavy atom. The van der Waals surface area contributed by atoms with E-state index in [2.05, 4.69) is 11.4 Å². The van der Waals surface area contributed by atoms with Gasteiger partial charge < -0.3 is 10.5 Å². The Labute approximate surface area is 148 Å². The van der Waals surface area contributed by atoms with Crippen LogP contribution in [0.15, 0.2) is 53.7 Å². The highest BCUT2D eigenvalue weighted by atomic mass is 32.2. The zero-order valence-corrected chi connectivity index (χ0v) is 14.8. The fourth-order valence-electron chi connectivity index (χ4n) is 2.17. The zero-order valence-electron chi connectivity index (χ0n) is 12.3. The monoisotopic (exact) mass is 364 g/mol. The third-order valence-corrected chi connectivity index (χ3v) is 7.33. The van der Waals surface area contributed by atoms with Gasteiger partial charge >= 0.3 is 0 Å². The maximum absolute atomic E-state index is 12.1. The van der Waals surface area contributed by atoms with Crippen molar-refractivity contribution in [2.24, 2.45) is 0 Å². The molecule has 0 bridgehead atoms. The number of amides is 1. The Balaban J connectivity index is 1.57. The molecule has 4 nitrogen and oxygen atoms in total. The zero-order chi connectivity index (χ0) is 16.1. The number of carbonyl (C=O) groups excluding carboxylic acids is 1. The van der Waals surface area contributed by atoms with Crippen LogP contribution in [0.2, 0.25) is 0 Å². The molecule has 1 aromatic heterocycles. The van der Waals surface area contributed by atoms with Crippen molar-refractivity contribution in [2.45, 2.75) is 9.61 Å². The lowest BCUT2D eigenvalue weighted by Gasteiger charge is -2.11. The molecular weight excluding hydrogens is 348 g/mol. The molecule has 1 aliphatic rings. The van der Waals surface area contributed by atoms with Crippen LogP contribution in [0.4, 0.5) is 5.69 Å². The van der Waals surface area contributed by atoms with Crippen LogP contribution in [0.1, 0.15) is 10.1 Å². The molecule has 2 aromatic rings. The molecule has 1 fully saturated rings. The smallest absolute Gasteiger partial charge is 0.251 e. The van der Waals surface area contributed by atoms with Crippen LogP contribution in [0.3, 0.4) is 0 Å². The largest absolute Gasteiger partial charge is 0.618 e. The van der Waals surface area contributed by atoms with Crippen LogP contribution in [-0.2, 0) is 4.79 Å². The fraction of sp³-hybridized carbons (Fsp3) is 0.250. The second kappa shape index (κ2) is 7.99. The minimum atomic E-state index is -0.109. The number of hydrogen-bond donors (Lipinski definition) is 1. The Morgan fingerprint density at radius 2 is 2.09 bits per heavy atom. The third-order valence-electron chi connectivity index (χ3n) is 3.20. The summed E-state index contributed by atoms with van der Waals surface area (Å²) in [5.74, 6) is 2.45. The van der Waals surface area contributed by atoms with Crippen molar-refractivity contribution in [2.75, 3.05) is 22.6 Å². The van der Waals surface area contributed by atoms with Crippen LogP contribution in [0.25, 0.3) is 0 Å².